The zero-order valence-corrected chi connectivity index (χ0v) is 17.2. The summed E-state index contributed by atoms with van der Waals surface area (Å²) in [5.41, 5.74) is 2.76. The first-order valence-corrected chi connectivity index (χ1v) is 9.39. The van der Waals surface area contributed by atoms with Gasteiger partial charge in [-0.25, -0.2) is 0 Å². The van der Waals surface area contributed by atoms with E-state index in [0.29, 0.717) is 12.4 Å². The van der Waals surface area contributed by atoms with Crippen molar-refractivity contribution in [3.05, 3.63) is 52.6 Å². The van der Waals surface area contributed by atoms with E-state index in [1.165, 1.54) is 7.11 Å². The van der Waals surface area contributed by atoms with E-state index in [0.717, 1.165) is 33.0 Å². The molecule has 2 aromatic rings. The van der Waals surface area contributed by atoms with Crippen LogP contribution in [0.15, 0.2) is 41.5 Å². The van der Waals surface area contributed by atoms with Gasteiger partial charge in [-0.3, -0.25) is 9.59 Å². The predicted octanol–water partition coefficient (Wildman–Crippen LogP) is 4.28. The first-order valence-electron chi connectivity index (χ1n) is 9.39. The number of rotatable bonds is 6. The van der Waals surface area contributed by atoms with Crippen molar-refractivity contribution < 1.29 is 23.8 Å². The van der Waals surface area contributed by atoms with E-state index in [4.69, 9.17) is 14.2 Å². The van der Waals surface area contributed by atoms with Crippen molar-refractivity contribution in [2.24, 2.45) is 0 Å². The molecule has 0 saturated heterocycles. The van der Waals surface area contributed by atoms with Crippen LogP contribution in [0.2, 0.25) is 0 Å². The van der Waals surface area contributed by atoms with Crippen LogP contribution in [0.1, 0.15) is 44.7 Å². The van der Waals surface area contributed by atoms with Crippen LogP contribution in [0.4, 0.5) is 0 Å². The molecule has 0 spiro atoms. The van der Waals surface area contributed by atoms with Crippen LogP contribution in [0, 0.1) is 0 Å². The molecule has 1 atom stereocenters. The third-order valence-electron chi connectivity index (χ3n) is 5.86. The Morgan fingerprint density at radius 2 is 1.75 bits per heavy atom. The largest absolute Gasteiger partial charge is 0.496 e. The van der Waals surface area contributed by atoms with Gasteiger partial charge in [0.1, 0.15) is 11.2 Å². The van der Waals surface area contributed by atoms with Crippen molar-refractivity contribution in [3.63, 3.8) is 0 Å². The maximum absolute atomic E-state index is 13.0. The molecule has 0 saturated carbocycles. The molecule has 0 amide bonds. The highest BCUT2D eigenvalue weighted by atomic mass is 16.5. The number of hydrogen-bond donors (Lipinski definition) is 0. The summed E-state index contributed by atoms with van der Waals surface area (Å²) in [6.45, 7) is 7.85. The van der Waals surface area contributed by atoms with Gasteiger partial charge < -0.3 is 14.2 Å². The molecule has 0 unspecified atom stereocenters. The topological polar surface area (TPSA) is 61.8 Å². The van der Waals surface area contributed by atoms with Crippen molar-refractivity contribution in [2.45, 2.75) is 39.0 Å². The summed E-state index contributed by atoms with van der Waals surface area (Å²) in [5.74, 6) is -0.290. The first kappa shape index (κ1) is 19.9. The summed E-state index contributed by atoms with van der Waals surface area (Å²) >= 11 is 0. The monoisotopic (exact) mass is 382 g/mol. The van der Waals surface area contributed by atoms with Crippen LogP contribution in [-0.4, -0.2) is 32.8 Å². The Labute approximate surface area is 165 Å². The average molecular weight is 382 g/mol. The third kappa shape index (κ3) is 2.77. The number of ether oxygens (including phenoxy) is 3. The van der Waals surface area contributed by atoms with E-state index >= 15 is 0 Å². The summed E-state index contributed by atoms with van der Waals surface area (Å²) in [5, 5.41) is 1.84. The van der Waals surface area contributed by atoms with Crippen molar-refractivity contribution >= 4 is 22.7 Å². The lowest BCUT2D eigenvalue weighted by Crippen LogP contribution is -2.29. The standard InChI is InChI=1S/C23H26O5/c1-7-28-22(25)23(14(3)15(23)4)20-18-10-8-16(13(2)21(24)27-6)12-17(18)9-11-19(20)26-5/h8-13H,7H2,1-6H3/t13-/m0/s1. The van der Waals surface area contributed by atoms with Crippen molar-refractivity contribution in [2.75, 3.05) is 20.8 Å². The second-order valence-corrected chi connectivity index (χ2v) is 7.09. The van der Waals surface area contributed by atoms with Gasteiger partial charge in [0, 0.05) is 5.56 Å². The van der Waals surface area contributed by atoms with E-state index < -0.39 is 5.41 Å². The van der Waals surface area contributed by atoms with Gasteiger partial charge in [0.15, 0.2) is 0 Å². The molecule has 3 rings (SSSR count). The molecule has 0 N–H and O–H groups in total. The first-order chi connectivity index (χ1) is 13.3. The molecular weight excluding hydrogens is 356 g/mol. The Morgan fingerprint density at radius 3 is 2.29 bits per heavy atom. The molecule has 1 aliphatic rings. The Balaban J connectivity index is 2.21. The minimum atomic E-state index is -0.879. The Hall–Kier alpha value is -2.82. The number of fused-ring (bicyclic) bond motifs is 1. The Morgan fingerprint density at radius 1 is 1.07 bits per heavy atom. The number of esters is 2. The molecule has 5 heteroatoms. The number of carbonyl (C=O) groups excluding carboxylic acids is 2. The molecule has 0 fully saturated rings. The van der Waals surface area contributed by atoms with Crippen molar-refractivity contribution in [1.82, 2.24) is 0 Å². The molecule has 0 heterocycles. The van der Waals surface area contributed by atoms with Gasteiger partial charge >= 0.3 is 11.9 Å². The van der Waals surface area contributed by atoms with Crippen LogP contribution in [0.25, 0.3) is 10.8 Å². The zero-order chi connectivity index (χ0) is 20.6. The second kappa shape index (κ2) is 7.30. The number of carbonyl (C=O) groups is 2. The third-order valence-corrected chi connectivity index (χ3v) is 5.86. The van der Waals surface area contributed by atoms with E-state index in [1.54, 1.807) is 14.0 Å². The summed E-state index contributed by atoms with van der Waals surface area (Å²) in [6, 6.07) is 9.62. The highest BCUT2D eigenvalue weighted by molar-refractivity contribution is 6.05. The van der Waals surface area contributed by atoms with E-state index in [2.05, 4.69) is 0 Å². The molecule has 28 heavy (non-hydrogen) atoms. The van der Waals surface area contributed by atoms with Gasteiger partial charge in [-0.15, -0.1) is 0 Å². The number of hydrogen-bond acceptors (Lipinski definition) is 5. The van der Waals surface area contributed by atoms with Gasteiger partial charge in [-0.1, -0.05) is 24.3 Å². The molecule has 0 aliphatic heterocycles. The molecule has 5 nitrogen and oxygen atoms in total. The molecule has 1 aliphatic carbocycles. The van der Waals surface area contributed by atoms with Gasteiger partial charge in [-0.2, -0.15) is 0 Å². The summed E-state index contributed by atoms with van der Waals surface area (Å²) < 4.78 is 15.9. The fourth-order valence-electron chi connectivity index (χ4n) is 4.05. The van der Waals surface area contributed by atoms with E-state index in [9.17, 15) is 9.59 Å². The lowest BCUT2D eigenvalue weighted by atomic mass is 9.83. The van der Waals surface area contributed by atoms with E-state index in [1.807, 2.05) is 51.1 Å². The highest BCUT2D eigenvalue weighted by Crippen LogP contribution is 2.58. The molecular formula is C23H26O5. The minimum Gasteiger partial charge on any atom is -0.496 e. The predicted molar refractivity (Wildman–Crippen MR) is 108 cm³/mol. The maximum Gasteiger partial charge on any atom is 0.325 e. The summed E-state index contributed by atoms with van der Waals surface area (Å²) in [6.07, 6.45) is 0. The van der Waals surface area contributed by atoms with Gasteiger partial charge in [0.25, 0.3) is 0 Å². The molecule has 0 radical (unpaired) electrons. The van der Waals surface area contributed by atoms with Gasteiger partial charge in [0.2, 0.25) is 0 Å². The Bertz CT molecular complexity index is 974. The quantitative estimate of drug-likeness (QED) is 0.551. The Kier molecular flexibility index (Phi) is 5.20. The van der Waals surface area contributed by atoms with Gasteiger partial charge in [0.05, 0.1) is 26.7 Å². The zero-order valence-electron chi connectivity index (χ0n) is 17.2. The molecule has 2 aromatic carbocycles. The minimum absolute atomic E-state index is 0.275. The van der Waals surface area contributed by atoms with Crippen LogP contribution in [-0.2, 0) is 24.5 Å². The van der Waals surface area contributed by atoms with Crippen LogP contribution >= 0.6 is 0 Å². The van der Waals surface area contributed by atoms with E-state index in [-0.39, 0.29) is 17.9 Å². The molecule has 0 bridgehead atoms. The highest BCUT2D eigenvalue weighted by Gasteiger charge is 2.59. The smallest absolute Gasteiger partial charge is 0.325 e. The summed E-state index contributed by atoms with van der Waals surface area (Å²) in [7, 11) is 2.99. The maximum atomic E-state index is 13.0. The van der Waals surface area contributed by atoms with Crippen molar-refractivity contribution in [1.29, 1.82) is 0 Å². The fraction of sp³-hybridized carbons (Fsp3) is 0.391. The lowest BCUT2D eigenvalue weighted by Gasteiger charge is -2.23. The summed E-state index contributed by atoms with van der Waals surface area (Å²) in [4.78, 5) is 24.9. The number of benzene rings is 2. The molecule has 148 valence electrons. The van der Waals surface area contributed by atoms with Crippen LogP contribution < -0.4 is 4.74 Å². The van der Waals surface area contributed by atoms with Crippen LogP contribution in [0.3, 0.4) is 0 Å². The second-order valence-electron chi connectivity index (χ2n) is 7.09. The average Bonchev–Trinajstić information content (AvgIpc) is 3.26. The van der Waals surface area contributed by atoms with Crippen molar-refractivity contribution in [3.8, 4) is 5.75 Å². The van der Waals surface area contributed by atoms with Gasteiger partial charge in [-0.05, 0) is 61.2 Å². The van der Waals surface area contributed by atoms with Crippen LogP contribution in [0.5, 0.6) is 5.75 Å². The fourth-order valence-corrected chi connectivity index (χ4v) is 4.05. The SMILES string of the molecule is CCOC(=O)C1(c2c(OC)ccc3cc([C@H](C)C(=O)OC)ccc23)C(C)=C1C. The molecule has 0 aromatic heterocycles. The lowest BCUT2D eigenvalue weighted by molar-refractivity contribution is -0.145. The number of methoxy groups -OCH3 is 2. The normalized spacial score (nSPS) is 15.9.